The molecule has 24 heavy (non-hydrogen) atoms. The molecule has 0 aliphatic heterocycles. The Kier molecular flexibility index (Phi) is 4.26. The van der Waals surface area contributed by atoms with E-state index in [-0.39, 0.29) is 11.5 Å². The summed E-state index contributed by atoms with van der Waals surface area (Å²) < 4.78 is 0. The number of rotatable bonds is 4. The Morgan fingerprint density at radius 3 is 2.46 bits per heavy atom. The number of nitrogens with zero attached hydrogens (tertiary/aromatic N) is 3. The number of aromatic nitrogens is 4. The normalized spacial score (nSPS) is 13.4. The van der Waals surface area contributed by atoms with Crippen LogP contribution in [-0.4, -0.2) is 19.9 Å². The lowest BCUT2D eigenvalue weighted by atomic mass is 9.96. The van der Waals surface area contributed by atoms with Crippen LogP contribution in [0.25, 0.3) is 11.0 Å². The fourth-order valence-electron chi connectivity index (χ4n) is 2.63. The summed E-state index contributed by atoms with van der Waals surface area (Å²) in [5.41, 5.74) is 1.96. The number of hydrogen-bond donors (Lipinski definition) is 2. The smallest absolute Gasteiger partial charge is 0.135 e. The molecule has 1 aromatic carbocycles. The van der Waals surface area contributed by atoms with Crippen LogP contribution in [-0.2, 0) is 5.41 Å². The van der Waals surface area contributed by atoms with E-state index in [2.05, 4.69) is 54.9 Å². The molecule has 0 aliphatic rings. The lowest BCUT2D eigenvalue weighted by Gasteiger charge is -2.22. The Hall–Kier alpha value is -2.43. The molecule has 2 aromatic heterocycles. The summed E-state index contributed by atoms with van der Waals surface area (Å²) in [7, 11) is 0. The fourth-order valence-corrected chi connectivity index (χ4v) is 2.63. The van der Waals surface area contributed by atoms with Crippen molar-refractivity contribution in [1.29, 1.82) is 0 Å². The number of H-pyrrole nitrogens is 1. The van der Waals surface area contributed by atoms with Crippen LogP contribution in [0.15, 0.2) is 36.5 Å². The molecular weight excluding hydrogens is 298 g/mol. The van der Waals surface area contributed by atoms with Gasteiger partial charge in [0.25, 0.3) is 0 Å². The average Bonchev–Trinajstić information content (AvgIpc) is 2.95. The highest BCUT2D eigenvalue weighted by Gasteiger charge is 2.22. The van der Waals surface area contributed by atoms with E-state index in [1.165, 1.54) is 0 Å². The van der Waals surface area contributed by atoms with E-state index < -0.39 is 0 Å². The minimum atomic E-state index is -0.0790. The van der Waals surface area contributed by atoms with Gasteiger partial charge in [0.1, 0.15) is 17.5 Å². The molecule has 0 amide bonds. The van der Waals surface area contributed by atoms with Gasteiger partial charge in [-0.05, 0) is 24.1 Å². The molecule has 0 saturated heterocycles. The maximum Gasteiger partial charge on any atom is 0.135 e. The second kappa shape index (κ2) is 6.23. The highest BCUT2D eigenvalue weighted by atomic mass is 15.1. The third-order valence-electron chi connectivity index (χ3n) is 4.00. The highest BCUT2D eigenvalue weighted by Crippen LogP contribution is 2.26. The maximum atomic E-state index is 4.74. The van der Waals surface area contributed by atoms with Crippen molar-refractivity contribution in [3.8, 4) is 0 Å². The van der Waals surface area contributed by atoms with E-state index >= 15 is 0 Å². The number of hydrogen-bond acceptors (Lipinski definition) is 4. The first kappa shape index (κ1) is 16.4. The van der Waals surface area contributed by atoms with E-state index in [9.17, 15) is 0 Å². The lowest BCUT2D eigenvalue weighted by Crippen LogP contribution is -2.21. The summed E-state index contributed by atoms with van der Waals surface area (Å²) in [6.07, 6.45) is 1.81. The van der Waals surface area contributed by atoms with Crippen LogP contribution in [0.4, 0.5) is 5.82 Å². The molecule has 0 unspecified atom stereocenters. The molecular formula is C19H25N5. The van der Waals surface area contributed by atoms with E-state index in [0.29, 0.717) is 5.92 Å². The third kappa shape index (κ3) is 3.40. The summed E-state index contributed by atoms with van der Waals surface area (Å²) in [5.74, 6) is 2.95. The quantitative estimate of drug-likeness (QED) is 0.744. The molecule has 0 saturated carbocycles. The largest absolute Gasteiger partial charge is 0.360 e. The summed E-state index contributed by atoms with van der Waals surface area (Å²) in [4.78, 5) is 17.2. The molecule has 126 valence electrons. The van der Waals surface area contributed by atoms with Gasteiger partial charge in [-0.1, -0.05) is 46.8 Å². The minimum Gasteiger partial charge on any atom is -0.360 e. The van der Waals surface area contributed by atoms with Gasteiger partial charge in [0, 0.05) is 11.6 Å². The Balaban J connectivity index is 1.92. The van der Waals surface area contributed by atoms with Gasteiger partial charge in [-0.2, -0.15) is 0 Å². The van der Waals surface area contributed by atoms with Gasteiger partial charge in [0.2, 0.25) is 0 Å². The van der Waals surface area contributed by atoms with Crippen LogP contribution in [0, 0.1) is 5.92 Å². The first-order valence-corrected chi connectivity index (χ1v) is 8.39. The summed E-state index contributed by atoms with van der Waals surface area (Å²) in [5, 5.41) is 3.52. The minimum absolute atomic E-state index is 0.0557. The molecule has 5 nitrogen and oxygen atoms in total. The monoisotopic (exact) mass is 323 g/mol. The number of fused-ring (bicyclic) bond motifs is 1. The van der Waals surface area contributed by atoms with Gasteiger partial charge in [0.05, 0.1) is 17.1 Å². The second-order valence-corrected chi connectivity index (χ2v) is 7.52. The van der Waals surface area contributed by atoms with E-state index in [4.69, 9.17) is 4.98 Å². The van der Waals surface area contributed by atoms with Crippen LogP contribution in [0.5, 0.6) is 0 Å². The van der Waals surface area contributed by atoms with Gasteiger partial charge in [-0.15, -0.1) is 0 Å². The third-order valence-corrected chi connectivity index (χ3v) is 4.00. The van der Waals surface area contributed by atoms with Crippen molar-refractivity contribution < 1.29 is 0 Å². The SMILES string of the molecule is CC(C)[C@@H](Nc1ccnc(C(C)(C)C)n1)c1nc2ccccc2[nH]1. The second-order valence-electron chi connectivity index (χ2n) is 7.52. The predicted molar refractivity (Wildman–Crippen MR) is 98.0 cm³/mol. The van der Waals surface area contributed by atoms with Gasteiger partial charge in [-0.3, -0.25) is 0 Å². The van der Waals surface area contributed by atoms with E-state index in [0.717, 1.165) is 28.5 Å². The molecule has 1 atom stereocenters. The zero-order valence-corrected chi connectivity index (χ0v) is 15.0. The Morgan fingerprint density at radius 2 is 1.79 bits per heavy atom. The number of nitrogens with one attached hydrogen (secondary N) is 2. The van der Waals surface area contributed by atoms with Crippen molar-refractivity contribution >= 4 is 16.9 Å². The van der Waals surface area contributed by atoms with Crippen LogP contribution >= 0.6 is 0 Å². The van der Waals surface area contributed by atoms with Gasteiger partial charge in [0.15, 0.2) is 0 Å². The summed E-state index contributed by atoms with van der Waals surface area (Å²) >= 11 is 0. The Labute approximate surface area is 143 Å². The Bertz CT molecular complexity index is 796. The molecule has 2 N–H and O–H groups in total. The van der Waals surface area contributed by atoms with Crippen molar-refractivity contribution in [1.82, 2.24) is 19.9 Å². The van der Waals surface area contributed by atoms with Crippen LogP contribution in [0.1, 0.15) is 52.3 Å². The van der Waals surface area contributed by atoms with Crippen molar-refractivity contribution in [2.75, 3.05) is 5.32 Å². The molecule has 3 aromatic rings. The highest BCUT2D eigenvalue weighted by molar-refractivity contribution is 5.74. The molecule has 0 fully saturated rings. The topological polar surface area (TPSA) is 66.5 Å². The molecule has 3 rings (SSSR count). The standard InChI is InChI=1S/C19H25N5/c1-12(2)16(17-21-13-8-6-7-9-14(13)22-17)23-15-10-11-20-18(24-15)19(3,4)5/h6-12,16H,1-5H3,(H,21,22)(H,20,23,24)/t16-/m1/s1. The zero-order chi connectivity index (χ0) is 17.3. The summed E-state index contributed by atoms with van der Waals surface area (Å²) in [6, 6.07) is 10.1. The summed E-state index contributed by atoms with van der Waals surface area (Å²) in [6.45, 7) is 10.7. The number of para-hydroxylation sites is 2. The van der Waals surface area contributed by atoms with Gasteiger partial charge in [-0.25, -0.2) is 15.0 Å². The van der Waals surface area contributed by atoms with E-state index in [1.54, 1.807) is 0 Å². The van der Waals surface area contributed by atoms with Crippen molar-refractivity contribution in [3.05, 3.63) is 48.2 Å². The molecule has 0 bridgehead atoms. The van der Waals surface area contributed by atoms with Crippen LogP contribution < -0.4 is 5.32 Å². The number of aromatic amines is 1. The molecule has 0 spiro atoms. The zero-order valence-electron chi connectivity index (χ0n) is 15.0. The first-order chi connectivity index (χ1) is 11.3. The number of anilines is 1. The average molecular weight is 323 g/mol. The number of imidazole rings is 1. The molecule has 0 radical (unpaired) electrons. The van der Waals surface area contributed by atoms with E-state index in [1.807, 2.05) is 36.5 Å². The molecule has 0 aliphatic carbocycles. The molecule has 2 heterocycles. The van der Waals surface area contributed by atoms with Crippen LogP contribution in [0.2, 0.25) is 0 Å². The Morgan fingerprint density at radius 1 is 1.04 bits per heavy atom. The van der Waals surface area contributed by atoms with Gasteiger partial charge >= 0.3 is 0 Å². The van der Waals surface area contributed by atoms with Crippen molar-refractivity contribution in [3.63, 3.8) is 0 Å². The van der Waals surface area contributed by atoms with Gasteiger partial charge < -0.3 is 10.3 Å². The number of benzene rings is 1. The maximum absolute atomic E-state index is 4.74. The fraction of sp³-hybridized carbons (Fsp3) is 0.421. The predicted octanol–water partition coefficient (Wildman–Crippen LogP) is 4.46. The lowest BCUT2D eigenvalue weighted by molar-refractivity contribution is 0.519. The van der Waals surface area contributed by atoms with Crippen molar-refractivity contribution in [2.45, 2.75) is 46.1 Å². The van der Waals surface area contributed by atoms with Crippen molar-refractivity contribution in [2.24, 2.45) is 5.92 Å². The first-order valence-electron chi connectivity index (χ1n) is 8.39. The van der Waals surface area contributed by atoms with Crippen LogP contribution in [0.3, 0.4) is 0 Å². The molecule has 5 heteroatoms.